The lowest BCUT2D eigenvalue weighted by atomic mass is 10.1. The first kappa shape index (κ1) is 13.5. The lowest BCUT2D eigenvalue weighted by Crippen LogP contribution is -1.97. The highest BCUT2D eigenvalue weighted by Gasteiger charge is 2.14. The summed E-state index contributed by atoms with van der Waals surface area (Å²) in [5, 5.41) is -0.268. The third-order valence-corrected chi connectivity index (χ3v) is 4.62. The van der Waals surface area contributed by atoms with Crippen LogP contribution >= 0.6 is 22.9 Å². The van der Waals surface area contributed by atoms with E-state index in [1.165, 1.54) is 17.0 Å². The molecule has 0 fully saturated rings. The van der Waals surface area contributed by atoms with E-state index in [0.717, 1.165) is 17.4 Å². The van der Waals surface area contributed by atoms with Gasteiger partial charge in [0, 0.05) is 15.8 Å². The minimum atomic E-state index is -0.563. The minimum Gasteiger partial charge on any atom is -0.207 e. The van der Waals surface area contributed by atoms with E-state index in [-0.39, 0.29) is 5.38 Å². The summed E-state index contributed by atoms with van der Waals surface area (Å²) in [6.45, 7) is 2.08. The number of halogens is 3. The number of hydrogen-bond acceptors (Lipinski definition) is 1. The van der Waals surface area contributed by atoms with Gasteiger partial charge in [-0.3, -0.25) is 0 Å². The molecule has 1 atom stereocenters. The third-order valence-electron chi connectivity index (χ3n) is 2.75. The van der Waals surface area contributed by atoms with Gasteiger partial charge in [-0.25, -0.2) is 8.78 Å². The van der Waals surface area contributed by atoms with E-state index in [0.29, 0.717) is 12.0 Å². The lowest BCUT2D eigenvalue weighted by Gasteiger charge is -2.08. The van der Waals surface area contributed by atoms with Crippen molar-refractivity contribution in [2.24, 2.45) is 0 Å². The largest absolute Gasteiger partial charge is 0.207 e. The molecule has 0 N–H and O–H groups in total. The van der Waals surface area contributed by atoms with E-state index in [1.807, 2.05) is 12.1 Å². The fraction of sp³-hybridized carbons (Fsp3) is 0.286. The molecule has 0 aliphatic carbocycles. The van der Waals surface area contributed by atoms with Gasteiger partial charge in [0.1, 0.15) is 11.6 Å². The normalized spacial score (nSPS) is 12.7. The maximum absolute atomic E-state index is 13.5. The Kier molecular flexibility index (Phi) is 4.36. The van der Waals surface area contributed by atoms with Crippen LogP contribution in [-0.2, 0) is 12.8 Å². The maximum Gasteiger partial charge on any atom is 0.129 e. The number of benzene rings is 1. The Balaban J connectivity index is 2.13. The van der Waals surface area contributed by atoms with Gasteiger partial charge in [-0.2, -0.15) is 0 Å². The first-order chi connectivity index (χ1) is 8.60. The topological polar surface area (TPSA) is 0 Å². The van der Waals surface area contributed by atoms with Gasteiger partial charge >= 0.3 is 0 Å². The van der Waals surface area contributed by atoms with Crippen molar-refractivity contribution in [3.63, 3.8) is 0 Å². The Morgan fingerprint density at radius 3 is 2.61 bits per heavy atom. The minimum absolute atomic E-state index is 0.268. The molecular formula is C14H13ClF2S. The van der Waals surface area contributed by atoms with E-state index in [9.17, 15) is 8.78 Å². The van der Waals surface area contributed by atoms with Crippen LogP contribution in [0.2, 0.25) is 0 Å². The summed E-state index contributed by atoms with van der Waals surface area (Å²) < 4.78 is 26.3. The number of alkyl halides is 1. The third kappa shape index (κ3) is 3.09. The summed E-state index contributed by atoms with van der Waals surface area (Å²) in [5.74, 6) is -1.10. The van der Waals surface area contributed by atoms with Crippen LogP contribution in [-0.4, -0.2) is 0 Å². The first-order valence-electron chi connectivity index (χ1n) is 5.76. The molecule has 0 spiro atoms. The van der Waals surface area contributed by atoms with Gasteiger partial charge in [0.2, 0.25) is 0 Å². The molecule has 0 aliphatic heterocycles. The van der Waals surface area contributed by atoms with E-state index >= 15 is 0 Å². The predicted octanol–water partition coefficient (Wildman–Crippen LogP) is 5.11. The summed E-state index contributed by atoms with van der Waals surface area (Å²) in [6.07, 6.45) is 1.34. The molecule has 0 bridgehead atoms. The van der Waals surface area contributed by atoms with Crippen molar-refractivity contribution in [3.05, 3.63) is 57.3 Å². The quantitative estimate of drug-likeness (QED) is 0.685. The van der Waals surface area contributed by atoms with Crippen LogP contribution in [0.4, 0.5) is 8.78 Å². The van der Waals surface area contributed by atoms with E-state index in [4.69, 9.17) is 11.6 Å². The highest BCUT2D eigenvalue weighted by molar-refractivity contribution is 7.12. The van der Waals surface area contributed by atoms with Gasteiger partial charge in [-0.1, -0.05) is 13.0 Å². The summed E-state index contributed by atoms with van der Waals surface area (Å²) in [6, 6.07) is 7.62. The van der Waals surface area contributed by atoms with Crippen molar-refractivity contribution < 1.29 is 8.78 Å². The van der Waals surface area contributed by atoms with Crippen molar-refractivity contribution >= 4 is 22.9 Å². The molecule has 2 rings (SSSR count). The van der Waals surface area contributed by atoms with Gasteiger partial charge in [-0.15, -0.1) is 22.9 Å². The van der Waals surface area contributed by atoms with E-state index < -0.39 is 11.6 Å². The molecule has 0 saturated heterocycles. The van der Waals surface area contributed by atoms with Crippen molar-refractivity contribution in [1.82, 2.24) is 0 Å². The van der Waals surface area contributed by atoms with Crippen LogP contribution in [0.3, 0.4) is 0 Å². The molecule has 2 aromatic rings. The fourth-order valence-corrected chi connectivity index (χ4v) is 3.04. The number of aryl methyl sites for hydroxylation is 1. The lowest BCUT2D eigenvalue weighted by molar-refractivity contribution is 0.571. The molecule has 1 heterocycles. The fourth-order valence-electron chi connectivity index (χ4n) is 1.73. The SMILES string of the molecule is CCc1ccc(C(Cl)Cc2ccc(F)cc2F)s1. The monoisotopic (exact) mass is 286 g/mol. The zero-order valence-corrected chi connectivity index (χ0v) is 11.5. The zero-order valence-electron chi connectivity index (χ0n) is 9.92. The predicted molar refractivity (Wildman–Crippen MR) is 72.4 cm³/mol. The van der Waals surface area contributed by atoms with Gasteiger partial charge in [0.25, 0.3) is 0 Å². The van der Waals surface area contributed by atoms with E-state index in [2.05, 4.69) is 6.92 Å². The molecule has 0 aliphatic rings. The average Bonchev–Trinajstić information content (AvgIpc) is 2.81. The Bertz CT molecular complexity index is 536. The summed E-state index contributed by atoms with van der Waals surface area (Å²) >= 11 is 7.91. The van der Waals surface area contributed by atoms with Gasteiger partial charge < -0.3 is 0 Å². The molecular weight excluding hydrogens is 274 g/mol. The molecule has 1 aromatic heterocycles. The molecule has 0 radical (unpaired) electrons. The van der Waals surface area contributed by atoms with Crippen LogP contribution < -0.4 is 0 Å². The number of thiophene rings is 1. The second kappa shape index (κ2) is 5.81. The average molecular weight is 287 g/mol. The van der Waals surface area contributed by atoms with Crippen LogP contribution in [0, 0.1) is 11.6 Å². The molecule has 18 heavy (non-hydrogen) atoms. The van der Waals surface area contributed by atoms with Gasteiger partial charge in [-0.05, 0) is 36.6 Å². The first-order valence-corrected chi connectivity index (χ1v) is 7.02. The number of rotatable bonds is 4. The standard InChI is InChI=1S/C14H13ClF2S/c1-2-11-5-6-14(18-11)12(15)7-9-3-4-10(16)8-13(9)17/h3-6,8,12H,2,7H2,1H3. The smallest absolute Gasteiger partial charge is 0.129 e. The Hall–Kier alpha value is -0.930. The maximum atomic E-state index is 13.5. The molecule has 1 aromatic carbocycles. The van der Waals surface area contributed by atoms with Gasteiger partial charge in [0.15, 0.2) is 0 Å². The second-order valence-electron chi connectivity index (χ2n) is 4.07. The Morgan fingerprint density at radius 2 is 2.00 bits per heavy atom. The van der Waals surface area contributed by atoms with Crippen molar-refractivity contribution in [2.75, 3.05) is 0 Å². The van der Waals surface area contributed by atoms with Crippen LogP contribution in [0.25, 0.3) is 0 Å². The molecule has 1 unspecified atom stereocenters. The molecule has 0 amide bonds. The summed E-state index contributed by atoms with van der Waals surface area (Å²) in [7, 11) is 0. The van der Waals surface area contributed by atoms with Crippen LogP contribution in [0.1, 0.15) is 27.6 Å². The highest BCUT2D eigenvalue weighted by Crippen LogP contribution is 2.31. The molecule has 96 valence electrons. The highest BCUT2D eigenvalue weighted by atomic mass is 35.5. The van der Waals surface area contributed by atoms with Crippen LogP contribution in [0.5, 0.6) is 0 Å². The van der Waals surface area contributed by atoms with E-state index in [1.54, 1.807) is 11.3 Å². The van der Waals surface area contributed by atoms with Crippen molar-refractivity contribution in [3.8, 4) is 0 Å². The summed E-state index contributed by atoms with van der Waals surface area (Å²) in [4.78, 5) is 2.28. The Morgan fingerprint density at radius 1 is 1.22 bits per heavy atom. The Labute approximate surface area is 114 Å². The van der Waals surface area contributed by atoms with Gasteiger partial charge in [0.05, 0.1) is 5.38 Å². The molecule has 0 saturated carbocycles. The van der Waals surface area contributed by atoms with Crippen molar-refractivity contribution in [2.45, 2.75) is 25.1 Å². The zero-order chi connectivity index (χ0) is 13.1. The molecule has 4 heteroatoms. The number of hydrogen-bond donors (Lipinski definition) is 0. The summed E-state index contributed by atoms with van der Waals surface area (Å²) in [5.41, 5.74) is 0.447. The van der Waals surface area contributed by atoms with Crippen molar-refractivity contribution in [1.29, 1.82) is 0 Å². The molecule has 0 nitrogen and oxygen atoms in total. The second-order valence-corrected chi connectivity index (χ2v) is 5.79. The van der Waals surface area contributed by atoms with Crippen LogP contribution in [0.15, 0.2) is 30.3 Å².